The first-order valence-electron chi connectivity index (χ1n) is 6.87. The zero-order valence-electron chi connectivity index (χ0n) is 10.6. The van der Waals surface area contributed by atoms with Crippen molar-refractivity contribution < 1.29 is 4.74 Å². The van der Waals surface area contributed by atoms with Gasteiger partial charge in [-0.05, 0) is 19.3 Å². The molecule has 2 rings (SSSR count). The average molecular weight is 226 g/mol. The van der Waals surface area contributed by atoms with Crippen molar-refractivity contribution in [1.82, 2.24) is 4.90 Å². The lowest BCUT2D eigenvalue weighted by Gasteiger charge is -2.51. The smallest absolute Gasteiger partial charge is 0.0622 e. The van der Waals surface area contributed by atoms with Gasteiger partial charge in [0.1, 0.15) is 0 Å². The van der Waals surface area contributed by atoms with E-state index in [-0.39, 0.29) is 0 Å². The summed E-state index contributed by atoms with van der Waals surface area (Å²) in [4.78, 5) is 2.68. The zero-order valence-corrected chi connectivity index (χ0v) is 10.6. The van der Waals surface area contributed by atoms with Gasteiger partial charge >= 0.3 is 0 Å². The summed E-state index contributed by atoms with van der Waals surface area (Å²) in [7, 11) is 0. The van der Waals surface area contributed by atoms with Gasteiger partial charge in [-0.1, -0.05) is 26.2 Å². The van der Waals surface area contributed by atoms with Crippen LogP contribution in [0.3, 0.4) is 0 Å². The second-order valence-corrected chi connectivity index (χ2v) is 5.32. The molecule has 16 heavy (non-hydrogen) atoms. The van der Waals surface area contributed by atoms with Crippen LogP contribution in [0, 0.1) is 0 Å². The van der Waals surface area contributed by atoms with E-state index in [0.717, 1.165) is 26.3 Å². The predicted molar refractivity (Wildman–Crippen MR) is 66.5 cm³/mol. The maximum absolute atomic E-state index is 6.10. The highest BCUT2D eigenvalue weighted by atomic mass is 16.5. The van der Waals surface area contributed by atoms with Crippen molar-refractivity contribution in [2.24, 2.45) is 5.73 Å². The molecule has 1 saturated heterocycles. The van der Waals surface area contributed by atoms with E-state index in [4.69, 9.17) is 10.5 Å². The summed E-state index contributed by atoms with van der Waals surface area (Å²) in [6, 6.07) is 0.593. The van der Waals surface area contributed by atoms with Crippen molar-refractivity contribution in [3.05, 3.63) is 0 Å². The van der Waals surface area contributed by atoms with Crippen molar-refractivity contribution in [2.45, 2.75) is 57.0 Å². The van der Waals surface area contributed by atoms with Gasteiger partial charge in [0, 0.05) is 24.7 Å². The van der Waals surface area contributed by atoms with Crippen LogP contribution in [0.1, 0.15) is 45.4 Å². The first-order valence-corrected chi connectivity index (χ1v) is 6.87. The lowest BCUT2D eigenvalue weighted by molar-refractivity contribution is -0.0753. The molecular weight excluding hydrogens is 200 g/mol. The Bertz CT molecular complexity index is 214. The van der Waals surface area contributed by atoms with Crippen molar-refractivity contribution in [1.29, 1.82) is 0 Å². The summed E-state index contributed by atoms with van der Waals surface area (Å²) in [5.41, 5.74) is 6.40. The van der Waals surface area contributed by atoms with Gasteiger partial charge in [0.2, 0.25) is 0 Å². The van der Waals surface area contributed by atoms with Crippen molar-refractivity contribution in [3.63, 3.8) is 0 Å². The van der Waals surface area contributed by atoms with Crippen LogP contribution >= 0.6 is 0 Å². The van der Waals surface area contributed by atoms with Crippen molar-refractivity contribution >= 4 is 0 Å². The van der Waals surface area contributed by atoms with Crippen LogP contribution in [-0.2, 0) is 4.74 Å². The molecule has 0 aromatic carbocycles. The highest BCUT2D eigenvalue weighted by Crippen LogP contribution is 2.35. The molecule has 2 N–H and O–H groups in total. The molecule has 2 fully saturated rings. The van der Waals surface area contributed by atoms with E-state index >= 15 is 0 Å². The first-order chi connectivity index (χ1) is 7.82. The molecule has 3 heteroatoms. The third-order valence-electron chi connectivity index (χ3n) is 4.47. The Kier molecular flexibility index (Phi) is 4.22. The number of hydrogen-bond donors (Lipinski definition) is 1. The summed E-state index contributed by atoms with van der Waals surface area (Å²) in [5, 5.41) is 0. The van der Waals surface area contributed by atoms with Gasteiger partial charge in [0.05, 0.1) is 13.2 Å². The Labute approximate surface area is 99.3 Å². The molecule has 2 aliphatic rings. The van der Waals surface area contributed by atoms with E-state index < -0.39 is 0 Å². The minimum atomic E-state index is 0.294. The molecule has 94 valence electrons. The molecule has 1 aliphatic heterocycles. The first kappa shape index (κ1) is 12.3. The Balaban J connectivity index is 2.10. The number of ether oxygens (including phenoxy) is 1. The Morgan fingerprint density at radius 3 is 2.69 bits per heavy atom. The van der Waals surface area contributed by atoms with Crippen LogP contribution in [0.5, 0.6) is 0 Å². The Morgan fingerprint density at radius 1 is 1.31 bits per heavy atom. The van der Waals surface area contributed by atoms with Gasteiger partial charge in [-0.3, -0.25) is 4.90 Å². The van der Waals surface area contributed by atoms with Gasteiger partial charge in [-0.25, -0.2) is 0 Å². The van der Waals surface area contributed by atoms with Crippen LogP contribution in [0.25, 0.3) is 0 Å². The van der Waals surface area contributed by atoms with E-state index in [2.05, 4.69) is 11.8 Å². The Morgan fingerprint density at radius 2 is 2.06 bits per heavy atom. The number of morpholine rings is 1. The summed E-state index contributed by atoms with van der Waals surface area (Å²) >= 11 is 0. The number of nitrogens with zero attached hydrogens (tertiary/aromatic N) is 1. The zero-order chi connectivity index (χ0) is 11.4. The SMILES string of the molecule is CCC1COCCN1C1(CN)CCCCC1. The van der Waals surface area contributed by atoms with Gasteiger partial charge in [0.15, 0.2) is 0 Å². The molecule has 0 spiro atoms. The van der Waals surface area contributed by atoms with Crippen molar-refractivity contribution in [2.75, 3.05) is 26.3 Å². The molecule has 1 heterocycles. The molecule has 1 unspecified atom stereocenters. The maximum atomic E-state index is 6.10. The van der Waals surface area contributed by atoms with Crippen LogP contribution in [0.15, 0.2) is 0 Å². The van der Waals surface area contributed by atoms with E-state index in [9.17, 15) is 0 Å². The molecule has 1 atom stereocenters. The van der Waals surface area contributed by atoms with Crippen LogP contribution in [-0.4, -0.2) is 42.8 Å². The largest absolute Gasteiger partial charge is 0.378 e. The highest BCUT2D eigenvalue weighted by molar-refractivity contribution is 4.97. The standard InChI is InChI=1S/C13H26N2O/c1-2-12-10-16-9-8-15(12)13(11-14)6-4-3-5-7-13/h12H,2-11,14H2,1H3. The molecule has 0 radical (unpaired) electrons. The second kappa shape index (κ2) is 5.48. The fourth-order valence-electron chi connectivity index (χ4n) is 3.44. The van der Waals surface area contributed by atoms with Crippen LogP contribution in [0.4, 0.5) is 0 Å². The molecule has 3 nitrogen and oxygen atoms in total. The molecular formula is C13H26N2O. The molecule has 0 amide bonds. The molecule has 0 aromatic heterocycles. The number of rotatable bonds is 3. The van der Waals surface area contributed by atoms with Gasteiger partial charge in [-0.2, -0.15) is 0 Å². The summed E-state index contributed by atoms with van der Waals surface area (Å²) in [6.45, 7) is 5.95. The van der Waals surface area contributed by atoms with E-state index in [1.54, 1.807) is 0 Å². The summed E-state index contributed by atoms with van der Waals surface area (Å²) < 4.78 is 5.60. The van der Waals surface area contributed by atoms with Gasteiger partial charge in [-0.15, -0.1) is 0 Å². The molecule has 0 bridgehead atoms. The lowest BCUT2D eigenvalue weighted by atomic mass is 9.79. The maximum Gasteiger partial charge on any atom is 0.0622 e. The second-order valence-electron chi connectivity index (χ2n) is 5.32. The molecule has 0 aromatic rings. The normalized spacial score (nSPS) is 31.5. The van der Waals surface area contributed by atoms with E-state index in [1.165, 1.54) is 38.5 Å². The molecule has 1 saturated carbocycles. The fraction of sp³-hybridized carbons (Fsp3) is 1.00. The monoisotopic (exact) mass is 226 g/mol. The minimum absolute atomic E-state index is 0.294. The third kappa shape index (κ3) is 2.27. The minimum Gasteiger partial charge on any atom is -0.378 e. The molecule has 1 aliphatic carbocycles. The summed E-state index contributed by atoms with van der Waals surface area (Å²) in [5.74, 6) is 0. The van der Waals surface area contributed by atoms with Gasteiger partial charge in [0.25, 0.3) is 0 Å². The quantitative estimate of drug-likeness (QED) is 0.797. The number of hydrogen-bond acceptors (Lipinski definition) is 3. The summed E-state index contributed by atoms with van der Waals surface area (Å²) in [6.07, 6.45) is 7.86. The average Bonchev–Trinajstić information content (AvgIpc) is 2.39. The van der Waals surface area contributed by atoms with Crippen LogP contribution in [0.2, 0.25) is 0 Å². The van der Waals surface area contributed by atoms with E-state index in [1.807, 2.05) is 0 Å². The van der Waals surface area contributed by atoms with Crippen molar-refractivity contribution in [3.8, 4) is 0 Å². The highest BCUT2D eigenvalue weighted by Gasteiger charge is 2.40. The topological polar surface area (TPSA) is 38.5 Å². The van der Waals surface area contributed by atoms with Gasteiger partial charge < -0.3 is 10.5 Å². The third-order valence-corrected chi connectivity index (χ3v) is 4.47. The van der Waals surface area contributed by atoms with Crippen LogP contribution < -0.4 is 5.73 Å². The predicted octanol–water partition coefficient (Wildman–Crippen LogP) is 1.76. The van der Waals surface area contributed by atoms with E-state index in [0.29, 0.717) is 11.6 Å². The Hall–Kier alpha value is -0.120. The lowest BCUT2D eigenvalue weighted by Crippen LogP contribution is -2.62. The fourth-order valence-corrected chi connectivity index (χ4v) is 3.44. The number of nitrogens with two attached hydrogens (primary N) is 1.